The van der Waals surface area contributed by atoms with Gasteiger partial charge in [0.05, 0.1) is 5.69 Å². The van der Waals surface area contributed by atoms with E-state index >= 15 is 0 Å². The van der Waals surface area contributed by atoms with Crippen LogP contribution >= 0.6 is 0 Å². The first kappa shape index (κ1) is 16.4. The number of hydrogen-bond acceptors (Lipinski definition) is 3. The Kier molecular flexibility index (Phi) is 4.44. The van der Waals surface area contributed by atoms with Gasteiger partial charge in [0.1, 0.15) is 0 Å². The summed E-state index contributed by atoms with van der Waals surface area (Å²) in [6.07, 6.45) is 0. The van der Waals surface area contributed by atoms with Crippen LogP contribution in [0.5, 0.6) is 0 Å². The van der Waals surface area contributed by atoms with Crippen LogP contribution in [0, 0.1) is 0 Å². The van der Waals surface area contributed by atoms with Gasteiger partial charge in [-0.15, -0.1) is 0 Å². The fraction of sp³-hybridized carbons (Fsp3) is 0. The standard InChI is InChI=1S/C22H18BNO2/c25-23(26)18-11-13-19(14-12-18)24-22-20-9-5-4-8-17(20)10-15-21(22)16-6-2-1-3-7-16/h1-15,24-26H. The van der Waals surface area contributed by atoms with Gasteiger partial charge in [-0.05, 0) is 28.5 Å². The van der Waals surface area contributed by atoms with Crippen LogP contribution in [-0.4, -0.2) is 17.2 Å². The van der Waals surface area contributed by atoms with Crippen molar-refractivity contribution < 1.29 is 10.0 Å². The van der Waals surface area contributed by atoms with E-state index < -0.39 is 7.12 Å². The van der Waals surface area contributed by atoms with Crippen molar-refractivity contribution in [2.45, 2.75) is 0 Å². The minimum Gasteiger partial charge on any atom is -0.423 e. The second kappa shape index (κ2) is 7.04. The Bertz CT molecular complexity index is 1030. The predicted molar refractivity (Wildman–Crippen MR) is 109 cm³/mol. The summed E-state index contributed by atoms with van der Waals surface area (Å²) in [4.78, 5) is 0. The number of rotatable bonds is 4. The Hall–Kier alpha value is -3.08. The second-order valence-corrected chi connectivity index (χ2v) is 6.20. The highest BCUT2D eigenvalue weighted by Crippen LogP contribution is 2.36. The SMILES string of the molecule is OB(O)c1ccc(Nc2c(-c3ccccc3)ccc3ccccc23)cc1. The van der Waals surface area contributed by atoms with Crippen molar-refractivity contribution in [3.05, 3.63) is 91.0 Å². The summed E-state index contributed by atoms with van der Waals surface area (Å²) >= 11 is 0. The number of fused-ring (bicyclic) bond motifs is 1. The van der Waals surface area contributed by atoms with Gasteiger partial charge in [0, 0.05) is 16.6 Å². The molecule has 0 unspecified atom stereocenters. The summed E-state index contributed by atoms with van der Waals surface area (Å²) in [6.45, 7) is 0. The van der Waals surface area contributed by atoms with Crippen LogP contribution in [0.3, 0.4) is 0 Å². The Labute approximate surface area is 152 Å². The monoisotopic (exact) mass is 339 g/mol. The molecule has 0 aliphatic rings. The van der Waals surface area contributed by atoms with Crippen molar-refractivity contribution >= 4 is 34.7 Å². The average Bonchev–Trinajstić information content (AvgIpc) is 2.69. The van der Waals surface area contributed by atoms with E-state index in [9.17, 15) is 10.0 Å². The topological polar surface area (TPSA) is 52.5 Å². The number of hydrogen-bond donors (Lipinski definition) is 3. The molecule has 0 fully saturated rings. The van der Waals surface area contributed by atoms with Gasteiger partial charge in [0.2, 0.25) is 0 Å². The van der Waals surface area contributed by atoms with Crippen LogP contribution in [0.25, 0.3) is 21.9 Å². The summed E-state index contributed by atoms with van der Waals surface area (Å²) in [6, 6.07) is 29.9. The zero-order valence-corrected chi connectivity index (χ0v) is 14.1. The lowest BCUT2D eigenvalue weighted by molar-refractivity contribution is 0.426. The van der Waals surface area contributed by atoms with Crippen molar-refractivity contribution in [3.8, 4) is 11.1 Å². The lowest BCUT2D eigenvalue weighted by Gasteiger charge is -2.16. The van der Waals surface area contributed by atoms with Crippen molar-refractivity contribution in [3.63, 3.8) is 0 Å². The van der Waals surface area contributed by atoms with Crippen molar-refractivity contribution in [1.82, 2.24) is 0 Å². The third-order valence-electron chi connectivity index (χ3n) is 4.49. The lowest BCUT2D eigenvalue weighted by atomic mass is 9.80. The van der Waals surface area contributed by atoms with Gasteiger partial charge in [-0.2, -0.15) is 0 Å². The van der Waals surface area contributed by atoms with Gasteiger partial charge < -0.3 is 15.4 Å². The molecule has 3 nitrogen and oxygen atoms in total. The summed E-state index contributed by atoms with van der Waals surface area (Å²) in [5.41, 5.74) is 4.66. The number of nitrogens with one attached hydrogen (secondary N) is 1. The number of benzene rings is 4. The smallest absolute Gasteiger partial charge is 0.423 e. The highest BCUT2D eigenvalue weighted by molar-refractivity contribution is 6.58. The molecule has 3 N–H and O–H groups in total. The Morgan fingerprint density at radius 3 is 2.08 bits per heavy atom. The van der Waals surface area contributed by atoms with Gasteiger partial charge >= 0.3 is 7.12 Å². The molecule has 0 saturated heterocycles. The fourth-order valence-corrected chi connectivity index (χ4v) is 3.15. The minimum atomic E-state index is -1.46. The summed E-state index contributed by atoms with van der Waals surface area (Å²) in [5.74, 6) is 0. The highest BCUT2D eigenvalue weighted by Gasteiger charge is 2.12. The largest absolute Gasteiger partial charge is 0.488 e. The fourth-order valence-electron chi connectivity index (χ4n) is 3.15. The first-order valence-electron chi connectivity index (χ1n) is 8.53. The molecule has 0 heterocycles. The molecule has 4 heteroatoms. The lowest BCUT2D eigenvalue weighted by Crippen LogP contribution is -2.29. The van der Waals surface area contributed by atoms with Gasteiger partial charge in [-0.1, -0.05) is 78.9 Å². The van der Waals surface area contributed by atoms with Crippen molar-refractivity contribution in [1.29, 1.82) is 0 Å². The zero-order valence-electron chi connectivity index (χ0n) is 14.1. The molecule has 0 radical (unpaired) electrons. The molecule has 4 aromatic rings. The molecule has 4 aromatic carbocycles. The van der Waals surface area contributed by atoms with E-state index in [1.54, 1.807) is 12.1 Å². The normalized spacial score (nSPS) is 10.7. The van der Waals surface area contributed by atoms with Gasteiger partial charge in [0.25, 0.3) is 0 Å². The van der Waals surface area contributed by atoms with E-state index in [-0.39, 0.29) is 0 Å². The van der Waals surface area contributed by atoms with Gasteiger partial charge in [-0.25, -0.2) is 0 Å². The Morgan fingerprint density at radius 2 is 1.35 bits per heavy atom. The predicted octanol–water partition coefficient (Wildman–Crippen LogP) is 3.93. The summed E-state index contributed by atoms with van der Waals surface area (Å²) in [7, 11) is -1.46. The van der Waals surface area contributed by atoms with E-state index in [0.717, 1.165) is 33.3 Å². The Morgan fingerprint density at radius 1 is 0.654 bits per heavy atom. The third kappa shape index (κ3) is 3.20. The molecule has 0 atom stereocenters. The molecular weight excluding hydrogens is 321 g/mol. The van der Waals surface area contributed by atoms with Crippen molar-refractivity contribution in [2.24, 2.45) is 0 Å². The third-order valence-corrected chi connectivity index (χ3v) is 4.49. The minimum absolute atomic E-state index is 0.469. The van der Waals surface area contributed by atoms with Gasteiger partial charge in [-0.3, -0.25) is 0 Å². The highest BCUT2D eigenvalue weighted by atomic mass is 16.4. The van der Waals surface area contributed by atoms with E-state index in [0.29, 0.717) is 5.46 Å². The molecule has 0 saturated carbocycles. The molecular formula is C22H18BNO2. The maximum atomic E-state index is 9.27. The van der Waals surface area contributed by atoms with Crippen LogP contribution in [-0.2, 0) is 0 Å². The van der Waals surface area contributed by atoms with Crippen molar-refractivity contribution in [2.75, 3.05) is 5.32 Å². The zero-order chi connectivity index (χ0) is 17.9. The van der Waals surface area contributed by atoms with E-state index in [1.807, 2.05) is 42.5 Å². The maximum absolute atomic E-state index is 9.27. The molecule has 0 aliphatic heterocycles. The molecule has 0 spiro atoms. The quantitative estimate of drug-likeness (QED) is 0.494. The molecule has 4 rings (SSSR count). The number of anilines is 2. The maximum Gasteiger partial charge on any atom is 0.488 e. The second-order valence-electron chi connectivity index (χ2n) is 6.20. The first-order chi connectivity index (χ1) is 12.7. The van der Waals surface area contributed by atoms with Crippen LogP contribution in [0.4, 0.5) is 11.4 Å². The van der Waals surface area contributed by atoms with Crippen LogP contribution < -0.4 is 10.8 Å². The first-order valence-corrected chi connectivity index (χ1v) is 8.53. The Balaban J connectivity index is 1.83. The summed E-state index contributed by atoms with van der Waals surface area (Å²) in [5, 5.41) is 24.4. The molecule has 0 amide bonds. The molecule has 0 aliphatic carbocycles. The molecule has 26 heavy (non-hydrogen) atoms. The van der Waals surface area contributed by atoms with E-state index in [2.05, 4.69) is 41.7 Å². The van der Waals surface area contributed by atoms with Crippen LogP contribution in [0.1, 0.15) is 0 Å². The average molecular weight is 339 g/mol. The molecule has 126 valence electrons. The van der Waals surface area contributed by atoms with Crippen LogP contribution in [0.15, 0.2) is 91.0 Å². The van der Waals surface area contributed by atoms with E-state index in [1.165, 1.54) is 0 Å². The van der Waals surface area contributed by atoms with E-state index in [4.69, 9.17) is 0 Å². The van der Waals surface area contributed by atoms with Crippen LogP contribution in [0.2, 0.25) is 0 Å². The molecule has 0 bridgehead atoms. The van der Waals surface area contributed by atoms with Gasteiger partial charge in [0.15, 0.2) is 0 Å². The molecule has 0 aromatic heterocycles. The summed E-state index contributed by atoms with van der Waals surface area (Å²) < 4.78 is 0.